The third-order valence-corrected chi connectivity index (χ3v) is 6.07. The summed E-state index contributed by atoms with van der Waals surface area (Å²) >= 11 is 0. The average Bonchev–Trinajstić information content (AvgIpc) is 3.23. The number of hydrogen-bond donors (Lipinski definition) is 1. The van der Waals surface area contributed by atoms with Gasteiger partial charge in [0.25, 0.3) is 5.91 Å². The molecular formula is C23H36N2O3. The monoisotopic (exact) mass is 388 g/mol. The molecule has 1 saturated heterocycles. The minimum atomic E-state index is -0.673. The van der Waals surface area contributed by atoms with E-state index in [-0.39, 0.29) is 5.91 Å². The molecule has 0 unspecified atom stereocenters. The van der Waals surface area contributed by atoms with E-state index in [0.29, 0.717) is 19.1 Å². The van der Waals surface area contributed by atoms with E-state index >= 15 is 0 Å². The summed E-state index contributed by atoms with van der Waals surface area (Å²) in [6.45, 7) is 9.03. The Morgan fingerprint density at radius 2 is 1.82 bits per heavy atom. The molecule has 2 fully saturated rings. The van der Waals surface area contributed by atoms with Crippen molar-refractivity contribution in [3.63, 3.8) is 0 Å². The maximum absolute atomic E-state index is 13.0. The van der Waals surface area contributed by atoms with Crippen molar-refractivity contribution in [2.45, 2.75) is 64.4 Å². The molecule has 1 aliphatic carbocycles. The van der Waals surface area contributed by atoms with Crippen molar-refractivity contribution in [1.29, 1.82) is 0 Å². The van der Waals surface area contributed by atoms with Gasteiger partial charge in [-0.05, 0) is 88.2 Å². The molecule has 1 aliphatic heterocycles. The highest BCUT2D eigenvalue weighted by molar-refractivity contribution is 5.97. The van der Waals surface area contributed by atoms with Crippen molar-refractivity contribution >= 4 is 11.6 Å². The van der Waals surface area contributed by atoms with Crippen molar-refractivity contribution in [3.8, 4) is 5.75 Å². The molecule has 1 saturated carbocycles. The Kier molecular flexibility index (Phi) is 7.74. The smallest absolute Gasteiger partial charge is 0.256 e. The summed E-state index contributed by atoms with van der Waals surface area (Å²) in [5.41, 5.74) is 0.128. The Hall–Kier alpha value is -1.59. The second kappa shape index (κ2) is 10.3. The van der Waals surface area contributed by atoms with E-state index < -0.39 is 5.60 Å². The number of likely N-dealkylation sites (tertiary alicyclic amines) is 1. The lowest BCUT2D eigenvalue weighted by Gasteiger charge is -2.38. The molecule has 1 amide bonds. The molecule has 0 aromatic heterocycles. The molecule has 156 valence electrons. The fraction of sp³-hybridized carbons (Fsp3) is 0.696. The predicted octanol–water partition coefficient (Wildman–Crippen LogP) is 4.48. The molecule has 2 aliphatic rings. The van der Waals surface area contributed by atoms with Crippen LogP contribution in [-0.2, 0) is 9.53 Å². The zero-order valence-corrected chi connectivity index (χ0v) is 17.5. The van der Waals surface area contributed by atoms with Gasteiger partial charge in [-0.25, -0.2) is 0 Å². The van der Waals surface area contributed by atoms with Crippen molar-refractivity contribution in [2.24, 2.45) is 5.92 Å². The van der Waals surface area contributed by atoms with Crippen molar-refractivity contribution in [2.75, 3.05) is 38.2 Å². The highest BCUT2D eigenvalue weighted by atomic mass is 16.5. The van der Waals surface area contributed by atoms with Gasteiger partial charge in [-0.2, -0.15) is 0 Å². The fourth-order valence-corrected chi connectivity index (χ4v) is 4.14. The molecular weight excluding hydrogens is 352 g/mol. The second-order valence-corrected chi connectivity index (χ2v) is 8.40. The first-order chi connectivity index (χ1) is 13.6. The second-order valence-electron chi connectivity index (χ2n) is 8.40. The van der Waals surface area contributed by atoms with Crippen LogP contribution in [0, 0.1) is 5.92 Å². The van der Waals surface area contributed by atoms with Crippen molar-refractivity contribution in [3.05, 3.63) is 24.3 Å². The number of nitrogens with one attached hydrogen (secondary N) is 1. The maximum atomic E-state index is 13.0. The number of carbonyl (C=O) groups excluding carboxylic acids is 1. The predicted molar refractivity (Wildman–Crippen MR) is 113 cm³/mol. The van der Waals surface area contributed by atoms with Crippen molar-refractivity contribution < 1.29 is 14.3 Å². The number of carbonyl (C=O) groups is 1. The van der Waals surface area contributed by atoms with E-state index in [4.69, 9.17) is 9.47 Å². The number of rotatable bonds is 9. The summed E-state index contributed by atoms with van der Waals surface area (Å²) < 4.78 is 11.9. The van der Waals surface area contributed by atoms with Crippen LogP contribution in [0.4, 0.5) is 5.69 Å². The fourth-order valence-electron chi connectivity index (χ4n) is 4.14. The summed E-state index contributed by atoms with van der Waals surface area (Å²) in [5.74, 6) is 1.51. The zero-order chi connectivity index (χ0) is 19.8. The molecule has 1 N–H and O–H groups in total. The van der Waals surface area contributed by atoms with Crippen LogP contribution in [0.3, 0.4) is 0 Å². The molecule has 3 rings (SSSR count). The van der Waals surface area contributed by atoms with Crippen LogP contribution in [0.15, 0.2) is 24.3 Å². The summed E-state index contributed by atoms with van der Waals surface area (Å²) in [6.07, 6.45) is 7.22. The van der Waals surface area contributed by atoms with E-state index in [1.165, 1.54) is 25.9 Å². The van der Waals surface area contributed by atoms with Gasteiger partial charge in [0.15, 0.2) is 0 Å². The van der Waals surface area contributed by atoms with Gasteiger partial charge in [-0.1, -0.05) is 13.8 Å². The quantitative estimate of drug-likeness (QED) is 0.678. The molecule has 5 heteroatoms. The highest BCUT2D eigenvalue weighted by Crippen LogP contribution is 2.36. The Morgan fingerprint density at radius 1 is 1.14 bits per heavy atom. The number of nitrogens with zero attached hydrogens (tertiary/aromatic N) is 1. The standard InChI is InChI=1S/C23H36N2O3/c1-3-17-28-23(12-10-19(2)11-13-23)22(26)24-20-6-8-21(9-7-20)27-18-16-25-14-4-5-15-25/h6-9,19H,3-5,10-18H2,1-2H3,(H,24,26). The van der Waals surface area contributed by atoms with E-state index in [0.717, 1.165) is 50.1 Å². The van der Waals surface area contributed by atoms with Gasteiger partial charge in [0, 0.05) is 18.8 Å². The van der Waals surface area contributed by atoms with Gasteiger partial charge in [-0.15, -0.1) is 0 Å². The largest absolute Gasteiger partial charge is 0.492 e. The van der Waals surface area contributed by atoms with E-state index in [2.05, 4.69) is 24.1 Å². The number of amides is 1. The van der Waals surface area contributed by atoms with Gasteiger partial charge in [-0.3, -0.25) is 9.69 Å². The number of ether oxygens (including phenoxy) is 2. The van der Waals surface area contributed by atoms with Crippen LogP contribution in [0.1, 0.15) is 58.8 Å². The molecule has 1 aromatic carbocycles. The van der Waals surface area contributed by atoms with Gasteiger partial charge < -0.3 is 14.8 Å². The van der Waals surface area contributed by atoms with Gasteiger partial charge in [0.05, 0.1) is 0 Å². The summed E-state index contributed by atoms with van der Waals surface area (Å²) in [6, 6.07) is 7.70. The Labute approximate surface area is 169 Å². The minimum Gasteiger partial charge on any atom is -0.492 e. The normalized spacial score (nSPS) is 25.6. The first-order valence-electron chi connectivity index (χ1n) is 11.0. The average molecular weight is 389 g/mol. The first kappa shape index (κ1) is 21.1. The highest BCUT2D eigenvalue weighted by Gasteiger charge is 2.42. The van der Waals surface area contributed by atoms with Gasteiger partial charge in [0.2, 0.25) is 0 Å². The minimum absolute atomic E-state index is 0.00412. The van der Waals surface area contributed by atoms with Gasteiger partial charge in [0.1, 0.15) is 18.0 Å². The van der Waals surface area contributed by atoms with E-state index in [1.54, 1.807) is 0 Å². The molecule has 0 atom stereocenters. The van der Waals surface area contributed by atoms with Crippen LogP contribution >= 0.6 is 0 Å². The van der Waals surface area contributed by atoms with Crippen LogP contribution in [-0.4, -0.2) is 49.3 Å². The number of hydrogen-bond acceptors (Lipinski definition) is 4. The van der Waals surface area contributed by atoms with E-state index in [9.17, 15) is 4.79 Å². The Morgan fingerprint density at radius 3 is 2.46 bits per heavy atom. The van der Waals surface area contributed by atoms with Crippen LogP contribution < -0.4 is 10.1 Å². The third kappa shape index (κ3) is 5.71. The third-order valence-electron chi connectivity index (χ3n) is 6.07. The molecule has 0 bridgehead atoms. The SMILES string of the molecule is CCCOC1(C(=O)Nc2ccc(OCCN3CCCC3)cc2)CCC(C)CC1. The lowest BCUT2D eigenvalue weighted by molar-refractivity contribution is -0.147. The molecule has 0 spiro atoms. The van der Waals surface area contributed by atoms with Crippen LogP contribution in [0.2, 0.25) is 0 Å². The molecule has 1 heterocycles. The van der Waals surface area contributed by atoms with Crippen LogP contribution in [0.5, 0.6) is 5.75 Å². The van der Waals surface area contributed by atoms with Crippen LogP contribution in [0.25, 0.3) is 0 Å². The topological polar surface area (TPSA) is 50.8 Å². The molecule has 1 aromatic rings. The lowest BCUT2D eigenvalue weighted by Crippen LogP contribution is -2.48. The number of anilines is 1. The molecule has 28 heavy (non-hydrogen) atoms. The summed E-state index contributed by atoms with van der Waals surface area (Å²) in [5, 5.41) is 3.08. The Balaban J connectivity index is 1.51. The summed E-state index contributed by atoms with van der Waals surface area (Å²) in [4.78, 5) is 15.5. The number of benzene rings is 1. The van der Waals surface area contributed by atoms with Crippen molar-refractivity contribution in [1.82, 2.24) is 4.90 Å². The zero-order valence-electron chi connectivity index (χ0n) is 17.5. The summed E-state index contributed by atoms with van der Waals surface area (Å²) in [7, 11) is 0. The molecule has 5 nitrogen and oxygen atoms in total. The Bertz CT molecular complexity index is 597. The lowest BCUT2D eigenvalue weighted by atomic mass is 9.78. The maximum Gasteiger partial charge on any atom is 0.256 e. The van der Waals surface area contributed by atoms with Gasteiger partial charge >= 0.3 is 0 Å². The molecule has 0 radical (unpaired) electrons. The first-order valence-corrected chi connectivity index (χ1v) is 11.0. The van der Waals surface area contributed by atoms with E-state index in [1.807, 2.05) is 24.3 Å².